The Kier molecular flexibility index (Phi) is 6.30. The zero-order chi connectivity index (χ0) is 21.8. The van der Waals surface area contributed by atoms with Gasteiger partial charge in [-0.05, 0) is 35.7 Å². The molecule has 10 heteroatoms. The normalized spacial score (nSPS) is 15.1. The summed E-state index contributed by atoms with van der Waals surface area (Å²) in [6.45, 7) is 1.36. The quantitative estimate of drug-likeness (QED) is 0.612. The SMILES string of the molecule is O=C(NCc1ccccn1)c1sccc1S(=O)(=O)N1CCN(c2ccccc2F)CC1. The molecule has 3 aromatic rings. The fraction of sp³-hybridized carbons (Fsp3) is 0.238. The first-order chi connectivity index (χ1) is 15.0. The molecule has 1 aliphatic rings. The van der Waals surface area contributed by atoms with E-state index in [1.807, 2.05) is 11.0 Å². The minimum atomic E-state index is -3.85. The summed E-state index contributed by atoms with van der Waals surface area (Å²) < 4.78 is 41.8. The minimum Gasteiger partial charge on any atom is -0.367 e. The van der Waals surface area contributed by atoms with Crippen LogP contribution in [0.1, 0.15) is 15.4 Å². The van der Waals surface area contributed by atoms with Gasteiger partial charge in [-0.2, -0.15) is 4.31 Å². The van der Waals surface area contributed by atoms with Gasteiger partial charge in [-0.3, -0.25) is 9.78 Å². The number of pyridine rings is 1. The lowest BCUT2D eigenvalue weighted by atomic mass is 10.2. The van der Waals surface area contributed by atoms with Gasteiger partial charge < -0.3 is 10.2 Å². The number of rotatable bonds is 6. The molecule has 3 heterocycles. The molecule has 4 rings (SSSR count). The molecule has 0 radical (unpaired) electrons. The van der Waals surface area contributed by atoms with Gasteiger partial charge in [-0.15, -0.1) is 11.3 Å². The van der Waals surface area contributed by atoms with Crippen molar-refractivity contribution in [3.63, 3.8) is 0 Å². The molecule has 2 aromatic heterocycles. The van der Waals surface area contributed by atoms with Crippen LogP contribution in [0.3, 0.4) is 0 Å². The van der Waals surface area contributed by atoms with E-state index < -0.39 is 15.9 Å². The van der Waals surface area contributed by atoms with Crippen LogP contribution < -0.4 is 10.2 Å². The van der Waals surface area contributed by atoms with E-state index in [9.17, 15) is 17.6 Å². The van der Waals surface area contributed by atoms with Gasteiger partial charge in [0.15, 0.2) is 0 Å². The molecule has 7 nitrogen and oxygen atoms in total. The molecule has 1 amide bonds. The third kappa shape index (κ3) is 4.60. The van der Waals surface area contributed by atoms with Crippen LogP contribution in [0.15, 0.2) is 65.0 Å². The first kappa shape index (κ1) is 21.4. The highest BCUT2D eigenvalue weighted by molar-refractivity contribution is 7.89. The number of para-hydroxylation sites is 1. The number of sulfonamides is 1. The van der Waals surface area contributed by atoms with Crippen molar-refractivity contribution in [2.24, 2.45) is 0 Å². The van der Waals surface area contributed by atoms with Gasteiger partial charge in [0.2, 0.25) is 10.0 Å². The number of amides is 1. The summed E-state index contributed by atoms with van der Waals surface area (Å²) >= 11 is 1.08. The molecule has 0 saturated carbocycles. The predicted molar refractivity (Wildman–Crippen MR) is 117 cm³/mol. The largest absolute Gasteiger partial charge is 0.367 e. The van der Waals surface area contributed by atoms with Crippen molar-refractivity contribution in [3.8, 4) is 0 Å². The molecule has 1 fully saturated rings. The number of thiophene rings is 1. The fourth-order valence-corrected chi connectivity index (χ4v) is 6.18. The second-order valence-electron chi connectivity index (χ2n) is 6.96. The Morgan fingerprint density at radius 3 is 2.52 bits per heavy atom. The van der Waals surface area contributed by atoms with Crippen molar-refractivity contribution in [3.05, 3.63) is 76.5 Å². The van der Waals surface area contributed by atoms with Crippen molar-refractivity contribution < 1.29 is 17.6 Å². The smallest absolute Gasteiger partial charge is 0.263 e. The molecule has 162 valence electrons. The summed E-state index contributed by atoms with van der Waals surface area (Å²) in [4.78, 5) is 18.8. The number of anilines is 1. The van der Waals surface area contributed by atoms with Crippen LogP contribution in [0.2, 0.25) is 0 Å². The molecule has 0 unspecified atom stereocenters. The third-order valence-electron chi connectivity index (χ3n) is 5.04. The first-order valence-corrected chi connectivity index (χ1v) is 12.0. The molecule has 0 atom stereocenters. The molecular weight excluding hydrogens is 439 g/mol. The van der Waals surface area contributed by atoms with Crippen molar-refractivity contribution in [2.45, 2.75) is 11.4 Å². The lowest BCUT2D eigenvalue weighted by molar-refractivity contribution is 0.0951. The molecule has 0 aliphatic carbocycles. The van der Waals surface area contributed by atoms with E-state index in [2.05, 4.69) is 10.3 Å². The van der Waals surface area contributed by atoms with Gasteiger partial charge in [0.1, 0.15) is 15.6 Å². The highest BCUT2D eigenvalue weighted by Gasteiger charge is 2.33. The molecule has 1 aromatic carbocycles. The van der Waals surface area contributed by atoms with E-state index in [1.165, 1.54) is 16.4 Å². The molecule has 0 bridgehead atoms. The summed E-state index contributed by atoms with van der Waals surface area (Å²) in [5, 5.41) is 4.32. The maximum absolute atomic E-state index is 14.0. The number of aromatic nitrogens is 1. The number of benzene rings is 1. The Labute approximate surface area is 184 Å². The maximum atomic E-state index is 14.0. The monoisotopic (exact) mass is 460 g/mol. The average molecular weight is 461 g/mol. The summed E-state index contributed by atoms with van der Waals surface area (Å²) in [6, 6.07) is 13.3. The van der Waals surface area contributed by atoms with Crippen LogP contribution in [-0.4, -0.2) is 49.8 Å². The van der Waals surface area contributed by atoms with Crippen molar-refractivity contribution >= 4 is 33.0 Å². The zero-order valence-electron chi connectivity index (χ0n) is 16.6. The Morgan fingerprint density at radius 2 is 1.81 bits per heavy atom. The molecule has 0 spiro atoms. The number of halogens is 1. The van der Waals surface area contributed by atoms with Gasteiger partial charge in [0.25, 0.3) is 5.91 Å². The van der Waals surface area contributed by atoms with E-state index in [4.69, 9.17) is 0 Å². The number of carbonyl (C=O) groups excluding carboxylic acids is 1. The highest BCUT2D eigenvalue weighted by Crippen LogP contribution is 2.27. The molecule has 1 saturated heterocycles. The van der Waals surface area contributed by atoms with E-state index in [0.717, 1.165) is 11.3 Å². The topological polar surface area (TPSA) is 82.6 Å². The summed E-state index contributed by atoms with van der Waals surface area (Å²) in [5.74, 6) is -0.785. The minimum absolute atomic E-state index is 0.00429. The number of hydrogen-bond acceptors (Lipinski definition) is 6. The summed E-state index contributed by atoms with van der Waals surface area (Å²) in [7, 11) is -3.85. The number of hydrogen-bond donors (Lipinski definition) is 1. The third-order valence-corrected chi connectivity index (χ3v) is 8.02. The van der Waals surface area contributed by atoms with Crippen LogP contribution in [0.5, 0.6) is 0 Å². The second-order valence-corrected chi connectivity index (χ2v) is 9.78. The van der Waals surface area contributed by atoms with Gasteiger partial charge in [-0.25, -0.2) is 12.8 Å². The van der Waals surface area contributed by atoms with Crippen LogP contribution in [0.4, 0.5) is 10.1 Å². The lowest BCUT2D eigenvalue weighted by Crippen LogP contribution is -2.49. The van der Waals surface area contributed by atoms with Crippen LogP contribution >= 0.6 is 11.3 Å². The van der Waals surface area contributed by atoms with Gasteiger partial charge >= 0.3 is 0 Å². The number of carbonyl (C=O) groups is 1. The van der Waals surface area contributed by atoms with Crippen molar-refractivity contribution in [1.82, 2.24) is 14.6 Å². The molecule has 1 aliphatic heterocycles. The van der Waals surface area contributed by atoms with E-state index in [0.29, 0.717) is 24.5 Å². The van der Waals surface area contributed by atoms with Crippen LogP contribution in [0.25, 0.3) is 0 Å². The number of nitrogens with one attached hydrogen (secondary N) is 1. The van der Waals surface area contributed by atoms with Crippen LogP contribution in [0, 0.1) is 5.82 Å². The second kappa shape index (κ2) is 9.13. The number of piperazine rings is 1. The molecule has 31 heavy (non-hydrogen) atoms. The van der Waals surface area contributed by atoms with E-state index in [1.54, 1.807) is 41.9 Å². The molecular formula is C21H21FN4O3S2. The van der Waals surface area contributed by atoms with E-state index in [-0.39, 0.29) is 35.2 Å². The maximum Gasteiger partial charge on any atom is 0.263 e. The summed E-state index contributed by atoms with van der Waals surface area (Å²) in [6.07, 6.45) is 1.63. The Balaban J connectivity index is 1.45. The highest BCUT2D eigenvalue weighted by atomic mass is 32.2. The standard InChI is InChI=1S/C21H21FN4O3S2/c22-17-6-1-2-7-18(17)25-10-12-26(13-11-25)31(28,29)19-8-14-30-20(19)21(27)24-15-16-5-3-4-9-23-16/h1-9,14H,10-13,15H2,(H,24,27). The number of nitrogens with zero attached hydrogens (tertiary/aromatic N) is 3. The van der Waals surface area contributed by atoms with E-state index >= 15 is 0 Å². The Morgan fingerprint density at radius 1 is 1.06 bits per heavy atom. The Hall–Kier alpha value is -2.82. The fourth-order valence-electron chi connectivity index (χ4n) is 3.44. The predicted octanol–water partition coefficient (Wildman–Crippen LogP) is 2.72. The first-order valence-electron chi connectivity index (χ1n) is 9.72. The summed E-state index contributed by atoms with van der Waals surface area (Å²) in [5.41, 5.74) is 1.14. The van der Waals surface area contributed by atoms with Gasteiger partial charge in [0.05, 0.1) is 17.9 Å². The van der Waals surface area contributed by atoms with Gasteiger partial charge in [-0.1, -0.05) is 18.2 Å². The lowest BCUT2D eigenvalue weighted by Gasteiger charge is -2.35. The van der Waals surface area contributed by atoms with Crippen molar-refractivity contribution in [1.29, 1.82) is 0 Å². The van der Waals surface area contributed by atoms with Gasteiger partial charge in [0, 0.05) is 32.4 Å². The Bertz CT molecular complexity index is 1160. The van der Waals surface area contributed by atoms with Crippen LogP contribution in [-0.2, 0) is 16.6 Å². The molecule has 1 N–H and O–H groups in total. The average Bonchev–Trinajstić information content (AvgIpc) is 3.30. The van der Waals surface area contributed by atoms with Crippen molar-refractivity contribution in [2.75, 3.05) is 31.1 Å². The zero-order valence-corrected chi connectivity index (χ0v) is 18.2.